The molecule has 6 nitrogen and oxygen atoms in total. The lowest BCUT2D eigenvalue weighted by molar-refractivity contribution is -0.126. The number of methoxy groups -OCH3 is 1. The van der Waals surface area contributed by atoms with E-state index in [-0.39, 0.29) is 11.7 Å². The minimum atomic E-state index is -2.99. The van der Waals surface area contributed by atoms with Gasteiger partial charge in [0.05, 0.1) is 12.9 Å². The van der Waals surface area contributed by atoms with Crippen molar-refractivity contribution in [3.05, 3.63) is 65.7 Å². The molecular weight excluding hydrogens is 400 g/mol. The molecular formula is C23H28N2O4S. The first-order chi connectivity index (χ1) is 14.4. The molecule has 2 aromatic carbocycles. The van der Waals surface area contributed by atoms with Crippen LogP contribution in [0.3, 0.4) is 0 Å². The quantitative estimate of drug-likeness (QED) is 0.501. The average molecular weight is 429 g/mol. The second-order valence-corrected chi connectivity index (χ2v) is 9.69. The maximum atomic E-state index is 13.4. The van der Waals surface area contributed by atoms with Crippen molar-refractivity contribution in [3.63, 3.8) is 0 Å². The van der Waals surface area contributed by atoms with Crippen LogP contribution in [0.5, 0.6) is 5.75 Å². The van der Waals surface area contributed by atoms with E-state index in [9.17, 15) is 13.2 Å². The van der Waals surface area contributed by atoms with Gasteiger partial charge in [0, 0.05) is 50.1 Å². The number of nitrogens with zero attached hydrogens (tertiary/aromatic N) is 2. The summed E-state index contributed by atoms with van der Waals surface area (Å²) in [7, 11) is -1.37. The Hall–Kier alpha value is -2.64. The number of carbonyl (C=O) groups excluding carboxylic acids is 1. The summed E-state index contributed by atoms with van der Waals surface area (Å²) in [6.07, 6.45) is 3.13. The minimum Gasteiger partial charge on any atom is -0.496 e. The Morgan fingerprint density at radius 1 is 1.00 bits per heavy atom. The fourth-order valence-corrected chi connectivity index (χ4v) is 4.06. The first-order valence-corrected chi connectivity index (χ1v) is 12.0. The molecule has 1 saturated heterocycles. The minimum absolute atomic E-state index is 0.0325. The van der Waals surface area contributed by atoms with Crippen molar-refractivity contribution in [2.24, 2.45) is 0 Å². The van der Waals surface area contributed by atoms with Gasteiger partial charge in [-0.15, -0.1) is 0 Å². The third kappa shape index (κ3) is 5.93. The van der Waals surface area contributed by atoms with Gasteiger partial charge in [-0.3, -0.25) is 9.69 Å². The van der Waals surface area contributed by atoms with E-state index >= 15 is 0 Å². The van der Waals surface area contributed by atoms with Crippen LogP contribution in [0.15, 0.2) is 54.6 Å². The molecule has 0 atom stereocenters. The highest BCUT2D eigenvalue weighted by molar-refractivity contribution is 7.90. The highest BCUT2D eigenvalue weighted by atomic mass is 32.2. The van der Waals surface area contributed by atoms with Crippen molar-refractivity contribution < 1.29 is 17.9 Å². The summed E-state index contributed by atoms with van der Waals surface area (Å²) in [5.41, 5.74) is 2.32. The molecule has 1 amide bonds. The standard InChI is InChI=1S/C23H28N2O4S/c1-29-22-11-7-6-10-20(22)18-21(19-8-4-3-5-9-19)23(26)25-14-12-24(13-15-25)16-17-30(2,27)28/h3-11,18H,12-17H2,1-2H3/b21-18+. The SMILES string of the molecule is COc1ccccc1/C=C(/C(=O)N1CCN(CCS(C)(=O)=O)CC1)c1ccccc1. The maximum Gasteiger partial charge on any atom is 0.254 e. The molecule has 1 aliphatic heterocycles. The van der Waals surface area contributed by atoms with Crippen LogP contribution in [0.25, 0.3) is 11.6 Å². The first kappa shape index (κ1) is 22.1. The number of amides is 1. The monoisotopic (exact) mass is 428 g/mol. The first-order valence-electron chi connectivity index (χ1n) is 9.97. The Bertz CT molecular complexity index is 995. The van der Waals surface area contributed by atoms with Gasteiger partial charge in [-0.2, -0.15) is 0 Å². The predicted octanol–water partition coefficient (Wildman–Crippen LogP) is 2.42. The van der Waals surface area contributed by atoms with Crippen molar-refractivity contribution in [1.29, 1.82) is 0 Å². The van der Waals surface area contributed by atoms with Crippen LogP contribution in [0, 0.1) is 0 Å². The van der Waals surface area contributed by atoms with Crippen LogP contribution < -0.4 is 4.74 Å². The van der Waals surface area contributed by atoms with Gasteiger partial charge in [0.2, 0.25) is 0 Å². The topological polar surface area (TPSA) is 66.9 Å². The van der Waals surface area contributed by atoms with Crippen molar-refractivity contribution in [1.82, 2.24) is 9.80 Å². The molecule has 1 aliphatic rings. The normalized spacial score (nSPS) is 15.8. The van der Waals surface area contributed by atoms with E-state index in [4.69, 9.17) is 4.74 Å². The van der Waals surface area contributed by atoms with Crippen molar-refractivity contribution in [2.75, 3.05) is 51.8 Å². The summed E-state index contributed by atoms with van der Waals surface area (Å²) >= 11 is 0. The molecule has 160 valence electrons. The van der Waals surface area contributed by atoms with Gasteiger partial charge in [0.1, 0.15) is 15.6 Å². The lowest BCUT2D eigenvalue weighted by atomic mass is 10.0. The van der Waals surface area contributed by atoms with E-state index in [2.05, 4.69) is 4.90 Å². The summed E-state index contributed by atoms with van der Waals surface area (Å²) < 4.78 is 28.3. The van der Waals surface area contributed by atoms with Gasteiger partial charge in [-0.1, -0.05) is 48.5 Å². The molecule has 0 bridgehead atoms. The maximum absolute atomic E-state index is 13.4. The van der Waals surface area contributed by atoms with Gasteiger partial charge in [0.15, 0.2) is 0 Å². The molecule has 1 heterocycles. The van der Waals surface area contributed by atoms with Crippen LogP contribution in [-0.4, -0.2) is 76.0 Å². The van der Waals surface area contributed by atoms with Crippen LogP contribution in [0.2, 0.25) is 0 Å². The van der Waals surface area contributed by atoms with Gasteiger partial charge >= 0.3 is 0 Å². The fourth-order valence-electron chi connectivity index (χ4n) is 3.47. The molecule has 0 aliphatic carbocycles. The van der Waals surface area contributed by atoms with E-state index in [1.165, 1.54) is 6.26 Å². The Morgan fingerprint density at radius 3 is 2.27 bits per heavy atom. The van der Waals surface area contributed by atoms with Gasteiger partial charge in [-0.25, -0.2) is 8.42 Å². The molecule has 30 heavy (non-hydrogen) atoms. The molecule has 3 rings (SSSR count). The zero-order valence-electron chi connectivity index (χ0n) is 17.5. The Morgan fingerprint density at radius 2 is 1.63 bits per heavy atom. The summed E-state index contributed by atoms with van der Waals surface area (Å²) in [6, 6.07) is 17.2. The highest BCUT2D eigenvalue weighted by Gasteiger charge is 2.25. The van der Waals surface area contributed by atoms with E-state index in [0.29, 0.717) is 44.0 Å². The highest BCUT2D eigenvalue weighted by Crippen LogP contribution is 2.26. The Labute approximate surface area is 178 Å². The van der Waals surface area contributed by atoms with Crippen LogP contribution in [0.1, 0.15) is 11.1 Å². The number of carbonyl (C=O) groups is 1. The van der Waals surface area contributed by atoms with E-state index in [1.54, 1.807) is 7.11 Å². The molecule has 0 spiro atoms. The molecule has 2 aromatic rings. The van der Waals surface area contributed by atoms with Gasteiger partial charge in [-0.05, 0) is 17.7 Å². The number of piperazine rings is 1. The second kappa shape index (κ2) is 9.91. The lowest BCUT2D eigenvalue weighted by Gasteiger charge is -2.35. The molecule has 0 saturated carbocycles. The number of hydrogen-bond acceptors (Lipinski definition) is 5. The smallest absolute Gasteiger partial charge is 0.254 e. The van der Waals surface area contributed by atoms with Crippen LogP contribution >= 0.6 is 0 Å². The largest absolute Gasteiger partial charge is 0.496 e. The predicted molar refractivity (Wildman–Crippen MR) is 120 cm³/mol. The third-order valence-corrected chi connectivity index (χ3v) is 6.12. The number of para-hydroxylation sites is 1. The molecule has 0 N–H and O–H groups in total. The van der Waals surface area contributed by atoms with E-state index < -0.39 is 9.84 Å². The Balaban J connectivity index is 1.80. The molecule has 1 fully saturated rings. The number of sulfone groups is 1. The van der Waals surface area contributed by atoms with Crippen molar-refractivity contribution >= 4 is 27.4 Å². The Kier molecular flexibility index (Phi) is 7.29. The van der Waals surface area contributed by atoms with Crippen molar-refractivity contribution in [3.8, 4) is 5.75 Å². The lowest BCUT2D eigenvalue weighted by Crippen LogP contribution is -2.49. The second-order valence-electron chi connectivity index (χ2n) is 7.43. The van der Waals surface area contributed by atoms with E-state index in [1.807, 2.05) is 65.6 Å². The van der Waals surface area contributed by atoms with Gasteiger partial charge in [0.25, 0.3) is 5.91 Å². The van der Waals surface area contributed by atoms with Gasteiger partial charge < -0.3 is 9.64 Å². The zero-order valence-corrected chi connectivity index (χ0v) is 18.3. The zero-order chi connectivity index (χ0) is 21.6. The number of benzene rings is 2. The summed E-state index contributed by atoms with van der Waals surface area (Å²) in [6.45, 7) is 2.97. The van der Waals surface area contributed by atoms with Crippen LogP contribution in [0.4, 0.5) is 0 Å². The summed E-state index contributed by atoms with van der Waals surface area (Å²) in [5.74, 6) is 0.823. The molecule has 0 unspecified atom stereocenters. The number of ether oxygens (including phenoxy) is 1. The summed E-state index contributed by atoms with van der Waals surface area (Å²) in [5, 5.41) is 0. The fraction of sp³-hybridized carbons (Fsp3) is 0.348. The number of hydrogen-bond donors (Lipinski definition) is 0. The van der Waals surface area contributed by atoms with Crippen LogP contribution in [-0.2, 0) is 14.6 Å². The summed E-state index contributed by atoms with van der Waals surface area (Å²) in [4.78, 5) is 17.4. The number of rotatable bonds is 7. The average Bonchev–Trinajstić information content (AvgIpc) is 2.76. The molecule has 0 radical (unpaired) electrons. The molecule has 0 aromatic heterocycles. The third-order valence-electron chi connectivity index (χ3n) is 5.19. The van der Waals surface area contributed by atoms with E-state index in [0.717, 1.165) is 11.1 Å². The molecule has 7 heteroatoms. The van der Waals surface area contributed by atoms with Crippen molar-refractivity contribution in [2.45, 2.75) is 0 Å².